The van der Waals surface area contributed by atoms with E-state index in [1.165, 1.54) is 11.3 Å². The van der Waals surface area contributed by atoms with Crippen LogP contribution in [0.1, 0.15) is 35.6 Å². The fourth-order valence-corrected chi connectivity index (χ4v) is 2.30. The minimum absolute atomic E-state index is 0.285. The van der Waals surface area contributed by atoms with Crippen molar-refractivity contribution in [2.24, 2.45) is 7.05 Å². The largest absolute Gasteiger partial charge is 0.310 e. The molecule has 1 N–H and O–H groups in total. The van der Waals surface area contributed by atoms with Gasteiger partial charge in [0.05, 0.1) is 5.69 Å². The smallest absolute Gasteiger partial charge is 0.0596 e. The Morgan fingerprint density at radius 2 is 2.05 bits per heavy atom. The zero-order valence-electron chi connectivity index (χ0n) is 12.1. The number of hydrogen-bond donors (Lipinski definition) is 1. The zero-order chi connectivity index (χ0) is 13.8. The highest BCUT2D eigenvalue weighted by atomic mass is 15.3. The number of rotatable bonds is 5. The molecule has 0 bridgehead atoms. The molecule has 2 aromatic rings. The van der Waals surface area contributed by atoms with Crippen molar-refractivity contribution < 1.29 is 0 Å². The predicted octanol–water partition coefficient (Wildman–Crippen LogP) is 2.33. The summed E-state index contributed by atoms with van der Waals surface area (Å²) in [5, 5.41) is 7.93. The highest BCUT2D eigenvalue weighted by molar-refractivity contribution is 5.20. The van der Waals surface area contributed by atoms with E-state index in [4.69, 9.17) is 0 Å². The van der Waals surface area contributed by atoms with E-state index in [1.807, 2.05) is 31.8 Å². The van der Waals surface area contributed by atoms with Gasteiger partial charge in [0.2, 0.25) is 0 Å². The number of likely N-dealkylation sites (N-methyl/N-ethyl adjacent to an activating group) is 1. The molecular weight excluding hydrogens is 236 g/mol. The molecule has 1 atom stereocenters. The Morgan fingerprint density at radius 3 is 2.58 bits per heavy atom. The molecule has 2 rings (SSSR count). The summed E-state index contributed by atoms with van der Waals surface area (Å²) in [4.78, 5) is 4.39. The second-order valence-corrected chi connectivity index (χ2v) is 4.95. The Balaban J connectivity index is 2.20. The van der Waals surface area contributed by atoms with Crippen LogP contribution < -0.4 is 5.32 Å². The van der Waals surface area contributed by atoms with E-state index in [9.17, 15) is 0 Å². The van der Waals surface area contributed by atoms with Gasteiger partial charge in [-0.3, -0.25) is 9.67 Å². The molecular formula is C15H22N4. The van der Waals surface area contributed by atoms with Gasteiger partial charge >= 0.3 is 0 Å². The molecule has 0 fully saturated rings. The first-order valence-electron chi connectivity index (χ1n) is 6.75. The monoisotopic (exact) mass is 258 g/mol. The van der Waals surface area contributed by atoms with Gasteiger partial charge in [-0.25, -0.2) is 0 Å². The normalized spacial score (nSPS) is 12.6. The third-order valence-electron chi connectivity index (χ3n) is 3.30. The molecule has 19 heavy (non-hydrogen) atoms. The third kappa shape index (κ3) is 3.41. The van der Waals surface area contributed by atoms with Gasteiger partial charge in [-0.15, -0.1) is 0 Å². The first-order valence-corrected chi connectivity index (χ1v) is 6.75. The van der Waals surface area contributed by atoms with Crippen LogP contribution in [0, 0.1) is 13.8 Å². The fourth-order valence-electron chi connectivity index (χ4n) is 2.30. The van der Waals surface area contributed by atoms with Crippen LogP contribution in [0.5, 0.6) is 0 Å². The van der Waals surface area contributed by atoms with Crippen LogP contribution in [-0.2, 0) is 13.5 Å². The standard InChI is InChI=1S/C15H22N4/c1-5-16-15(13-7-6-11(2)17-10-13)9-14-8-12(3)18-19(14)4/h6-8,10,15-16H,5,9H2,1-4H3. The average molecular weight is 258 g/mol. The minimum atomic E-state index is 0.285. The Morgan fingerprint density at radius 1 is 1.26 bits per heavy atom. The number of pyridine rings is 1. The second-order valence-electron chi connectivity index (χ2n) is 4.95. The first-order chi connectivity index (χ1) is 9.10. The van der Waals surface area contributed by atoms with E-state index in [-0.39, 0.29) is 6.04 Å². The van der Waals surface area contributed by atoms with Gasteiger partial charge in [-0.2, -0.15) is 5.10 Å². The van der Waals surface area contributed by atoms with Crippen LogP contribution in [0.15, 0.2) is 24.4 Å². The predicted molar refractivity (Wildman–Crippen MR) is 77.0 cm³/mol. The molecule has 4 nitrogen and oxygen atoms in total. The SMILES string of the molecule is CCNC(Cc1cc(C)nn1C)c1ccc(C)nc1. The first kappa shape index (κ1) is 13.7. The summed E-state index contributed by atoms with van der Waals surface area (Å²) in [5.74, 6) is 0. The molecule has 2 heterocycles. The molecule has 0 aliphatic rings. The molecule has 1 unspecified atom stereocenters. The lowest BCUT2D eigenvalue weighted by atomic mass is 10.0. The summed E-state index contributed by atoms with van der Waals surface area (Å²) in [7, 11) is 2.00. The quantitative estimate of drug-likeness (QED) is 0.895. The highest BCUT2D eigenvalue weighted by Gasteiger charge is 2.14. The van der Waals surface area contributed by atoms with Crippen LogP contribution in [0.25, 0.3) is 0 Å². The second kappa shape index (κ2) is 5.97. The van der Waals surface area contributed by atoms with Crippen molar-refractivity contribution in [3.8, 4) is 0 Å². The van der Waals surface area contributed by atoms with Crippen molar-refractivity contribution >= 4 is 0 Å². The Labute approximate surface area is 114 Å². The molecule has 0 radical (unpaired) electrons. The molecule has 0 amide bonds. The Hall–Kier alpha value is -1.68. The van der Waals surface area contributed by atoms with Crippen LogP contribution in [0.4, 0.5) is 0 Å². The van der Waals surface area contributed by atoms with Crippen molar-refractivity contribution in [2.45, 2.75) is 33.2 Å². The highest BCUT2D eigenvalue weighted by Crippen LogP contribution is 2.18. The zero-order valence-corrected chi connectivity index (χ0v) is 12.1. The lowest BCUT2D eigenvalue weighted by molar-refractivity contribution is 0.527. The lowest BCUT2D eigenvalue weighted by Gasteiger charge is -2.18. The summed E-state index contributed by atoms with van der Waals surface area (Å²) < 4.78 is 1.96. The molecule has 2 aromatic heterocycles. The maximum absolute atomic E-state index is 4.41. The molecule has 0 aliphatic carbocycles. The van der Waals surface area contributed by atoms with E-state index in [2.05, 4.69) is 40.5 Å². The number of aromatic nitrogens is 3. The molecule has 0 aromatic carbocycles. The minimum Gasteiger partial charge on any atom is -0.310 e. The maximum atomic E-state index is 4.41. The van der Waals surface area contributed by atoms with Gasteiger partial charge in [-0.1, -0.05) is 13.0 Å². The summed E-state index contributed by atoms with van der Waals surface area (Å²) in [6, 6.07) is 6.65. The summed E-state index contributed by atoms with van der Waals surface area (Å²) >= 11 is 0. The van der Waals surface area contributed by atoms with E-state index in [0.717, 1.165) is 24.4 Å². The maximum Gasteiger partial charge on any atom is 0.0596 e. The van der Waals surface area contributed by atoms with Crippen molar-refractivity contribution in [1.82, 2.24) is 20.1 Å². The van der Waals surface area contributed by atoms with Gasteiger partial charge < -0.3 is 5.32 Å². The molecule has 0 spiro atoms. The average Bonchev–Trinajstić information content (AvgIpc) is 2.68. The van der Waals surface area contributed by atoms with Gasteiger partial charge in [0, 0.05) is 37.1 Å². The van der Waals surface area contributed by atoms with Crippen LogP contribution >= 0.6 is 0 Å². The van der Waals surface area contributed by atoms with E-state index < -0.39 is 0 Å². The van der Waals surface area contributed by atoms with Crippen molar-refractivity contribution in [3.63, 3.8) is 0 Å². The Bertz CT molecular complexity index is 528. The Kier molecular flexibility index (Phi) is 4.32. The molecule has 0 saturated heterocycles. The van der Waals surface area contributed by atoms with Crippen molar-refractivity contribution in [2.75, 3.05) is 6.54 Å². The van der Waals surface area contributed by atoms with E-state index >= 15 is 0 Å². The third-order valence-corrected chi connectivity index (χ3v) is 3.30. The van der Waals surface area contributed by atoms with Gasteiger partial charge in [0.15, 0.2) is 0 Å². The van der Waals surface area contributed by atoms with E-state index in [1.54, 1.807) is 0 Å². The van der Waals surface area contributed by atoms with Gasteiger partial charge in [0.1, 0.15) is 0 Å². The number of aryl methyl sites for hydroxylation is 3. The van der Waals surface area contributed by atoms with Crippen LogP contribution in [0.2, 0.25) is 0 Å². The molecule has 4 heteroatoms. The van der Waals surface area contributed by atoms with Crippen molar-refractivity contribution in [1.29, 1.82) is 0 Å². The van der Waals surface area contributed by atoms with E-state index in [0.29, 0.717) is 0 Å². The number of nitrogens with one attached hydrogen (secondary N) is 1. The fraction of sp³-hybridized carbons (Fsp3) is 0.467. The molecule has 0 saturated carbocycles. The van der Waals surface area contributed by atoms with Crippen molar-refractivity contribution in [3.05, 3.63) is 47.0 Å². The molecule has 102 valence electrons. The van der Waals surface area contributed by atoms with Crippen LogP contribution in [-0.4, -0.2) is 21.3 Å². The summed E-state index contributed by atoms with van der Waals surface area (Å²) in [5.41, 5.74) is 4.58. The summed E-state index contributed by atoms with van der Waals surface area (Å²) in [6.07, 6.45) is 2.89. The summed E-state index contributed by atoms with van der Waals surface area (Å²) in [6.45, 7) is 7.11. The topological polar surface area (TPSA) is 42.7 Å². The van der Waals surface area contributed by atoms with Gasteiger partial charge in [0.25, 0.3) is 0 Å². The van der Waals surface area contributed by atoms with Crippen LogP contribution in [0.3, 0.4) is 0 Å². The number of hydrogen-bond acceptors (Lipinski definition) is 3. The molecule has 0 aliphatic heterocycles. The van der Waals surface area contributed by atoms with Gasteiger partial charge in [-0.05, 0) is 38.1 Å². The lowest BCUT2D eigenvalue weighted by Crippen LogP contribution is -2.24. The number of nitrogens with zero attached hydrogens (tertiary/aromatic N) is 3.